The molecular weight excluding hydrogens is 244 g/mol. The highest BCUT2D eigenvalue weighted by molar-refractivity contribution is 5.65. The van der Waals surface area contributed by atoms with E-state index in [2.05, 4.69) is 10.4 Å². The lowest BCUT2D eigenvalue weighted by molar-refractivity contribution is -0.384. The van der Waals surface area contributed by atoms with Crippen LogP contribution in [0, 0.1) is 17.0 Å². The number of aryl methyl sites for hydroxylation is 2. The second kappa shape index (κ2) is 5.99. The van der Waals surface area contributed by atoms with E-state index in [0.29, 0.717) is 12.2 Å². The summed E-state index contributed by atoms with van der Waals surface area (Å²) in [5.41, 5.74) is 1.61. The third kappa shape index (κ3) is 3.31. The van der Waals surface area contributed by atoms with Gasteiger partial charge in [-0.25, -0.2) is 0 Å². The number of rotatable bonds is 6. The molecule has 0 aliphatic carbocycles. The predicted molar refractivity (Wildman–Crippen MR) is 73.2 cm³/mol. The number of nitro benzene ring substituents is 1. The monoisotopic (exact) mass is 260 g/mol. The minimum absolute atomic E-state index is 0.124. The summed E-state index contributed by atoms with van der Waals surface area (Å²) >= 11 is 0. The number of nitro groups is 1. The zero-order valence-corrected chi connectivity index (χ0v) is 10.7. The Balaban J connectivity index is 1.93. The van der Waals surface area contributed by atoms with Crippen LogP contribution in [0.4, 0.5) is 11.4 Å². The molecule has 1 heterocycles. The van der Waals surface area contributed by atoms with Crippen molar-refractivity contribution in [3.8, 4) is 0 Å². The highest BCUT2D eigenvalue weighted by Crippen LogP contribution is 2.27. The fraction of sp³-hybridized carbons (Fsp3) is 0.308. The Labute approximate surface area is 111 Å². The second-order valence-corrected chi connectivity index (χ2v) is 4.28. The Morgan fingerprint density at radius 1 is 1.42 bits per heavy atom. The van der Waals surface area contributed by atoms with Gasteiger partial charge in [0.15, 0.2) is 0 Å². The Bertz CT molecular complexity index is 552. The smallest absolute Gasteiger partial charge is 0.292 e. The molecule has 0 radical (unpaired) electrons. The number of anilines is 1. The summed E-state index contributed by atoms with van der Waals surface area (Å²) in [5.74, 6) is 0. The minimum Gasteiger partial charge on any atom is -0.379 e. The lowest BCUT2D eigenvalue weighted by Crippen LogP contribution is -2.09. The van der Waals surface area contributed by atoms with Crippen LogP contribution in [0.1, 0.15) is 12.0 Å². The zero-order chi connectivity index (χ0) is 13.7. The molecule has 0 fully saturated rings. The fourth-order valence-electron chi connectivity index (χ4n) is 1.92. The zero-order valence-electron chi connectivity index (χ0n) is 10.7. The van der Waals surface area contributed by atoms with Gasteiger partial charge in [0.1, 0.15) is 5.69 Å². The molecule has 0 unspecified atom stereocenters. The first-order valence-corrected chi connectivity index (χ1v) is 6.14. The van der Waals surface area contributed by atoms with Crippen LogP contribution in [0.2, 0.25) is 0 Å². The largest absolute Gasteiger partial charge is 0.379 e. The fourth-order valence-corrected chi connectivity index (χ4v) is 1.92. The quantitative estimate of drug-likeness (QED) is 0.492. The second-order valence-electron chi connectivity index (χ2n) is 4.28. The van der Waals surface area contributed by atoms with E-state index in [1.807, 2.05) is 29.9 Å². The summed E-state index contributed by atoms with van der Waals surface area (Å²) in [6, 6.07) is 6.95. The van der Waals surface area contributed by atoms with Crippen molar-refractivity contribution in [2.75, 3.05) is 11.9 Å². The van der Waals surface area contributed by atoms with Crippen molar-refractivity contribution in [2.24, 2.45) is 0 Å². The first-order chi connectivity index (χ1) is 9.18. The van der Waals surface area contributed by atoms with Gasteiger partial charge in [-0.2, -0.15) is 5.10 Å². The molecule has 0 bridgehead atoms. The van der Waals surface area contributed by atoms with Crippen molar-refractivity contribution in [2.45, 2.75) is 19.9 Å². The average Bonchev–Trinajstić information content (AvgIpc) is 2.88. The van der Waals surface area contributed by atoms with Crippen LogP contribution in [-0.2, 0) is 6.54 Å². The van der Waals surface area contributed by atoms with E-state index in [-0.39, 0.29) is 10.6 Å². The van der Waals surface area contributed by atoms with Crippen molar-refractivity contribution in [3.05, 3.63) is 52.3 Å². The molecular formula is C13H16N4O2. The molecule has 1 aromatic heterocycles. The molecule has 2 aromatic rings. The van der Waals surface area contributed by atoms with E-state index < -0.39 is 0 Å². The molecule has 0 spiro atoms. The number of para-hydroxylation sites is 1. The van der Waals surface area contributed by atoms with Crippen LogP contribution in [0.25, 0.3) is 0 Å². The third-order valence-corrected chi connectivity index (χ3v) is 2.87. The molecule has 6 nitrogen and oxygen atoms in total. The average molecular weight is 260 g/mol. The Kier molecular flexibility index (Phi) is 4.12. The van der Waals surface area contributed by atoms with E-state index in [1.54, 1.807) is 12.3 Å². The normalized spacial score (nSPS) is 10.4. The van der Waals surface area contributed by atoms with Crippen LogP contribution in [0.3, 0.4) is 0 Å². The maximum absolute atomic E-state index is 10.9. The Morgan fingerprint density at radius 2 is 2.26 bits per heavy atom. The minimum atomic E-state index is -0.358. The predicted octanol–water partition coefficient (Wildman–Crippen LogP) is 2.60. The van der Waals surface area contributed by atoms with Gasteiger partial charge >= 0.3 is 0 Å². The number of nitrogens with zero attached hydrogens (tertiary/aromatic N) is 3. The Morgan fingerprint density at radius 3 is 2.95 bits per heavy atom. The summed E-state index contributed by atoms with van der Waals surface area (Å²) in [6.07, 6.45) is 4.49. The molecule has 0 atom stereocenters. The van der Waals surface area contributed by atoms with Gasteiger partial charge < -0.3 is 5.32 Å². The van der Waals surface area contributed by atoms with Crippen LogP contribution in [-0.4, -0.2) is 21.2 Å². The first kappa shape index (κ1) is 13.1. The third-order valence-electron chi connectivity index (χ3n) is 2.87. The summed E-state index contributed by atoms with van der Waals surface area (Å²) in [5, 5.41) is 18.2. The van der Waals surface area contributed by atoms with E-state index >= 15 is 0 Å². The highest BCUT2D eigenvalue weighted by atomic mass is 16.6. The number of aromatic nitrogens is 2. The SMILES string of the molecule is Cc1cccc([N+](=O)[O-])c1NCCCn1cccn1. The van der Waals surface area contributed by atoms with Gasteiger partial charge in [0, 0.05) is 31.5 Å². The molecule has 1 aromatic carbocycles. The molecule has 0 amide bonds. The summed E-state index contributed by atoms with van der Waals surface area (Å²) < 4.78 is 1.84. The molecule has 0 saturated heterocycles. The van der Waals surface area contributed by atoms with Crippen LogP contribution < -0.4 is 5.32 Å². The molecule has 1 N–H and O–H groups in total. The van der Waals surface area contributed by atoms with Crippen molar-refractivity contribution in [1.82, 2.24) is 9.78 Å². The van der Waals surface area contributed by atoms with Gasteiger partial charge in [0.05, 0.1) is 4.92 Å². The molecule has 2 rings (SSSR count). The van der Waals surface area contributed by atoms with Gasteiger partial charge in [0.2, 0.25) is 0 Å². The molecule has 0 saturated carbocycles. The molecule has 19 heavy (non-hydrogen) atoms. The molecule has 0 aliphatic rings. The van der Waals surface area contributed by atoms with Crippen LogP contribution in [0.15, 0.2) is 36.7 Å². The van der Waals surface area contributed by atoms with Crippen LogP contribution >= 0.6 is 0 Å². The summed E-state index contributed by atoms with van der Waals surface area (Å²) in [7, 11) is 0. The molecule has 0 aliphatic heterocycles. The Hall–Kier alpha value is -2.37. The standard InChI is InChI=1S/C13H16N4O2/c1-11-5-2-6-12(17(18)19)13(11)14-7-3-9-16-10-4-8-15-16/h2,4-6,8,10,14H,3,7,9H2,1H3. The summed E-state index contributed by atoms with van der Waals surface area (Å²) in [6.45, 7) is 3.33. The number of hydrogen-bond donors (Lipinski definition) is 1. The van der Waals surface area contributed by atoms with Crippen molar-refractivity contribution < 1.29 is 4.92 Å². The number of hydrogen-bond acceptors (Lipinski definition) is 4. The van der Waals surface area contributed by atoms with Crippen LogP contribution in [0.5, 0.6) is 0 Å². The number of nitrogens with one attached hydrogen (secondary N) is 1. The highest BCUT2D eigenvalue weighted by Gasteiger charge is 2.14. The number of benzene rings is 1. The topological polar surface area (TPSA) is 73.0 Å². The van der Waals surface area contributed by atoms with Gasteiger partial charge in [-0.05, 0) is 25.0 Å². The maximum atomic E-state index is 10.9. The van der Waals surface area contributed by atoms with Crippen molar-refractivity contribution in [1.29, 1.82) is 0 Å². The van der Waals surface area contributed by atoms with Gasteiger partial charge in [0.25, 0.3) is 5.69 Å². The van der Waals surface area contributed by atoms with Crippen molar-refractivity contribution >= 4 is 11.4 Å². The maximum Gasteiger partial charge on any atom is 0.292 e. The summed E-state index contributed by atoms with van der Waals surface area (Å²) in [4.78, 5) is 10.6. The molecule has 6 heteroatoms. The van der Waals surface area contributed by atoms with Gasteiger partial charge in [-0.3, -0.25) is 14.8 Å². The molecule has 100 valence electrons. The van der Waals surface area contributed by atoms with E-state index in [1.165, 1.54) is 6.07 Å². The lowest BCUT2D eigenvalue weighted by atomic mass is 10.1. The van der Waals surface area contributed by atoms with E-state index in [4.69, 9.17) is 0 Å². The van der Waals surface area contributed by atoms with E-state index in [0.717, 1.165) is 18.5 Å². The first-order valence-electron chi connectivity index (χ1n) is 6.14. The lowest BCUT2D eigenvalue weighted by Gasteiger charge is -2.09. The van der Waals surface area contributed by atoms with E-state index in [9.17, 15) is 10.1 Å². The van der Waals surface area contributed by atoms with Crippen molar-refractivity contribution in [3.63, 3.8) is 0 Å². The van der Waals surface area contributed by atoms with Gasteiger partial charge in [-0.1, -0.05) is 12.1 Å². The van der Waals surface area contributed by atoms with Gasteiger partial charge in [-0.15, -0.1) is 0 Å².